The van der Waals surface area contributed by atoms with Crippen LogP contribution >= 0.6 is 0 Å². The van der Waals surface area contributed by atoms with Crippen LogP contribution in [0.4, 0.5) is 11.8 Å². The number of aromatic nitrogens is 4. The predicted molar refractivity (Wildman–Crippen MR) is 139 cm³/mol. The van der Waals surface area contributed by atoms with Crippen molar-refractivity contribution in [3.8, 4) is 0 Å². The standard InChI is InChI=1S/C24H40N8O2S/c1-16(2)35(33,34)31-13-11-19(12-14-31)27-22-21-23(32(15-26-21)20-5-3-4-6-20)30-24(29-22)28-18-9-7-17(25)8-10-18/h15-20H,3-14,25H2,1-2H3,(H2,27,28,29,30)/t17-,18-. The maximum absolute atomic E-state index is 12.6. The number of hydrogen-bond acceptors (Lipinski definition) is 8. The Kier molecular flexibility index (Phi) is 7.18. The summed E-state index contributed by atoms with van der Waals surface area (Å²) in [4.78, 5) is 14.5. The minimum absolute atomic E-state index is 0.142. The van der Waals surface area contributed by atoms with Crippen LogP contribution in [0.25, 0.3) is 11.2 Å². The maximum atomic E-state index is 12.6. The topological polar surface area (TPSA) is 131 Å². The third-order valence-electron chi connectivity index (χ3n) is 7.99. The van der Waals surface area contributed by atoms with Crippen molar-refractivity contribution in [1.29, 1.82) is 0 Å². The summed E-state index contributed by atoms with van der Waals surface area (Å²) in [5, 5.41) is 6.78. The number of fused-ring (bicyclic) bond motifs is 1. The zero-order valence-electron chi connectivity index (χ0n) is 21.0. The molecule has 2 saturated carbocycles. The molecule has 3 fully saturated rings. The van der Waals surface area contributed by atoms with Crippen molar-refractivity contribution in [3.63, 3.8) is 0 Å². The normalized spacial score (nSPS) is 25.5. The Labute approximate surface area is 208 Å². The molecule has 2 aromatic heterocycles. The fourth-order valence-corrected chi connectivity index (χ4v) is 7.04. The molecule has 0 unspecified atom stereocenters. The van der Waals surface area contributed by atoms with Gasteiger partial charge < -0.3 is 20.9 Å². The Hall–Kier alpha value is -1.98. The molecule has 1 aliphatic heterocycles. The highest BCUT2D eigenvalue weighted by atomic mass is 32.2. The van der Waals surface area contributed by atoms with Crippen molar-refractivity contribution in [3.05, 3.63) is 6.33 Å². The van der Waals surface area contributed by atoms with Crippen molar-refractivity contribution in [2.24, 2.45) is 5.73 Å². The van der Waals surface area contributed by atoms with E-state index in [0.717, 1.165) is 68.3 Å². The Morgan fingerprint density at radius 3 is 2.26 bits per heavy atom. The maximum Gasteiger partial charge on any atom is 0.227 e. The van der Waals surface area contributed by atoms with Crippen LogP contribution in [0.15, 0.2) is 6.33 Å². The van der Waals surface area contributed by atoms with Crippen LogP contribution in [0.3, 0.4) is 0 Å². The van der Waals surface area contributed by atoms with Gasteiger partial charge in [-0.15, -0.1) is 0 Å². The Bertz CT molecular complexity index is 1110. The molecule has 4 N–H and O–H groups in total. The lowest BCUT2D eigenvalue weighted by molar-refractivity contribution is 0.327. The van der Waals surface area contributed by atoms with E-state index in [4.69, 9.17) is 20.7 Å². The lowest BCUT2D eigenvalue weighted by Crippen LogP contribution is -2.45. The summed E-state index contributed by atoms with van der Waals surface area (Å²) < 4.78 is 29.0. The summed E-state index contributed by atoms with van der Waals surface area (Å²) in [5.41, 5.74) is 7.78. The minimum atomic E-state index is -3.22. The first-order valence-corrected chi connectivity index (χ1v) is 14.8. The highest BCUT2D eigenvalue weighted by molar-refractivity contribution is 7.89. The lowest BCUT2D eigenvalue weighted by atomic mass is 9.92. The van der Waals surface area contributed by atoms with Crippen LogP contribution in [0.2, 0.25) is 0 Å². The highest BCUT2D eigenvalue weighted by Gasteiger charge is 2.31. The van der Waals surface area contributed by atoms with E-state index in [1.54, 1.807) is 18.2 Å². The summed E-state index contributed by atoms with van der Waals surface area (Å²) in [5.74, 6) is 1.38. The molecule has 0 aromatic carbocycles. The average molecular weight is 505 g/mol. The average Bonchev–Trinajstić information content (AvgIpc) is 3.51. The molecule has 3 aliphatic rings. The number of nitrogens with two attached hydrogens (primary N) is 1. The van der Waals surface area contributed by atoms with Gasteiger partial charge in [0.15, 0.2) is 17.0 Å². The monoisotopic (exact) mass is 504 g/mol. The van der Waals surface area contributed by atoms with Crippen molar-refractivity contribution < 1.29 is 8.42 Å². The van der Waals surface area contributed by atoms with Crippen LogP contribution in [0, 0.1) is 0 Å². The molecule has 0 amide bonds. The zero-order valence-corrected chi connectivity index (χ0v) is 21.8. The summed E-state index contributed by atoms with van der Waals surface area (Å²) in [6.45, 7) is 4.53. The first-order chi connectivity index (χ1) is 16.8. The largest absolute Gasteiger partial charge is 0.365 e. The van der Waals surface area contributed by atoms with Gasteiger partial charge in [-0.1, -0.05) is 12.8 Å². The summed E-state index contributed by atoms with van der Waals surface area (Å²) >= 11 is 0. The molecule has 2 aliphatic carbocycles. The van der Waals surface area contributed by atoms with Gasteiger partial charge in [-0.3, -0.25) is 0 Å². The van der Waals surface area contributed by atoms with Crippen LogP contribution in [-0.4, -0.2) is 68.7 Å². The molecular weight excluding hydrogens is 464 g/mol. The molecule has 35 heavy (non-hydrogen) atoms. The third-order valence-corrected chi connectivity index (χ3v) is 10.3. The van der Waals surface area contributed by atoms with E-state index in [1.165, 1.54) is 12.8 Å². The first-order valence-electron chi connectivity index (χ1n) is 13.3. The van der Waals surface area contributed by atoms with Gasteiger partial charge in [-0.25, -0.2) is 17.7 Å². The number of nitrogens with one attached hydrogen (secondary N) is 2. The Morgan fingerprint density at radius 2 is 1.60 bits per heavy atom. The van der Waals surface area contributed by atoms with Crippen LogP contribution < -0.4 is 16.4 Å². The summed E-state index contributed by atoms with van der Waals surface area (Å²) in [7, 11) is -3.22. The van der Waals surface area contributed by atoms with Gasteiger partial charge in [0.1, 0.15) is 0 Å². The SMILES string of the molecule is CC(C)S(=O)(=O)N1CCC(Nc2nc(N[C@H]3CC[C@H](N)CC3)nc3c2ncn3C2CCCC2)CC1. The van der Waals surface area contributed by atoms with Gasteiger partial charge in [-0.05, 0) is 65.2 Å². The summed E-state index contributed by atoms with van der Waals surface area (Å²) in [6, 6.07) is 1.20. The zero-order chi connectivity index (χ0) is 24.6. The van der Waals surface area contributed by atoms with E-state index < -0.39 is 15.3 Å². The Balaban J connectivity index is 1.37. The van der Waals surface area contributed by atoms with Gasteiger partial charge in [0.25, 0.3) is 0 Å². The second-order valence-electron chi connectivity index (χ2n) is 10.8. The molecule has 5 rings (SSSR count). The fourth-order valence-electron chi connectivity index (χ4n) is 5.72. The van der Waals surface area contributed by atoms with Crippen molar-refractivity contribution in [2.45, 2.75) is 107 Å². The van der Waals surface area contributed by atoms with Crippen molar-refractivity contribution in [1.82, 2.24) is 23.8 Å². The van der Waals surface area contributed by atoms with E-state index in [2.05, 4.69) is 15.2 Å². The molecule has 0 spiro atoms. The van der Waals surface area contributed by atoms with E-state index in [1.807, 2.05) is 6.33 Å². The molecule has 0 radical (unpaired) electrons. The molecule has 0 bridgehead atoms. The minimum Gasteiger partial charge on any atom is -0.365 e. The number of piperidine rings is 1. The number of imidazole rings is 1. The molecule has 11 heteroatoms. The number of nitrogens with zero attached hydrogens (tertiary/aromatic N) is 5. The van der Waals surface area contributed by atoms with E-state index in [0.29, 0.717) is 37.2 Å². The van der Waals surface area contributed by atoms with Crippen LogP contribution in [0.5, 0.6) is 0 Å². The lowest BCUT2D eigenvalue weighted by Gasteiger charge is -2.33. The van der Waals surface area contributed by atoms with Crippen LogP contribution in [0.1, 0.15) is 84.1 Å². The van der Waals surface area contributed by atoms with Gasteiger partial charge in [0.05, 0.1) is 11.6 Å². The second kappa shape index (κ2) is 10.2. The van der Waals surface area contributed by atoms with Crippen LogP contribution in [-0.2, 0) is 10.0 Å². The molecule has 10 nitrogen and oxygen atoms in total. The number of hydrogen-bond donors (Lipinski definition) is 3. The van der Waals surface area contributed by atoms with Crippen molar-refractivity contribution in [2.75, 3.05) is 23.7 Å². The second-order valence-corrected chi connectivity index (χ2v) is 13.3. The molecule has 1 saturated heterocycles. The fraction of sp³-hybridized carbons (Fsp3) is 0.792. The summed E-state index contributed by atoms with van der Waals surface area (Å²) in [6.07, 6.45) is 12.3. The molecule has 2 aromatic rings. The van der Waals surface area contributed by atoms with E-state index in [9.17, 15) is 8.42 Å². The number of sulfonamides is 1. The molecule has 194 valence electrons. The highest BCUT2D eigenvalue weighted by Crippen LogP contribution is 2.34. The number of rotatable bonds is 7. The van der Waals surface area contributed by atoms with Gasteiger partial charge in [-0.2, -0.15) is 9.97 Å². The predicted octanol–water partition coefficient (Wildman–Crippen LogP) is 3.24. The Morgan fingerprint density at radius 1 is 0.943 bits per heavy atom. The first kappa shape index (κ1) is 24.7. The smallest absolute Gasteiger partial charge is 0.227 e. The quantitative estimate of drug-likeness (QED) is 0.524. The van der Waals surface area contributed by atoms with Gasteiger partial charge >= 0.3 is 0 Å². The van der Waals surface area contributed by atoms with E-state index >= 15 is 0 Å². The molecule has 0 atom stereocenters. The number of anilines is 2. The van der Waals surface area contributed by atoms with E-state index in [-0.39, 0.29) is 6.04 Å². The van der Waals surface area contributed by atoms with Gasteiger partial charge in [0, 0.05) is 37.3 Å². The molecular formula is C24H40N8O2S. The third kappa shape index (κ3) is 5.27. The van der Waals surface area contributed by atoms with Crippen molar-refractivity contribution >= 4 is 33.0 Å². The van der Waals surface area contributed by atoms with Gasteiger partial charge in [0.2, 0.25) is 16.0 Å². The molecule has 3 heterocycles.